The Bertz CT molecular complexity index is 1720. The highest BCUT2D eigenvalue weighted by Gasteiger charge is 2.40. The van der Waals surface area contributed by atoms with Crippen molar-refractivity contribution in [1.29, 1.82) is 0 Å². The Labute approximate surface area is 202 Å². The molecule has 0 amide bonds. The summed E-state index contributed by atoms with van der Waals surface area (Å²) in [5, 5.41) is 10.4. The highest BCUT2D eigenvalue weighted by atomic mass is 32.2. The molecule has 0 unspecified atom stereocenters. The zero-order valence-electron chi connectivity index (χ0n) is 18.7. The zero-order valence-corrected chi connectivity index (χ0v) is 20.3. The summed E-state index contributed by atoms with van der Waals surface area (Å²) in [5.41, 5.74) is -2.42. The fourth-order valence-corrected chi connectivity index (χ4v) is 6.22. The van der Waals surface area contributed by atoms with Crippen LogP contribution in [0.4, 0.5) is 4.39 Å². The average Bonchev–Trinajstić information content (AvgIpc) is 3.24. The minimum absolute atomic E-state index is 0.0138. The summed E-state index contributed by atoms with van der Waals surface area (Å²) in [6.07, 6.45) is 0. The van der Waals surface area contributed by atoms with E-state index in [4.69, 9.17) is 4.74 Å². The maximum absolute atomic E-state index is 14.9. The SMILES string of the molecule is COc1ccccc1C(C)(C)S(=O)(=O)c1ccc(F)c(-n2c(=O)[nH]c3csc(C(=O)O)c3c2=O)c1. The molecule has 0 radical (unpaired) electrons. The van der Waals surface area contributed by atoms with Gasteiger partial charge in [0.05, 0.1) is 33.3 Å². The Kier molecular flexibility index (Phi) is 5.89. The molecule has 12 heteroatoms. The van der Waals surface area contributed by atoms with Crippen molar-refractivity contribution in [3.63, 3.8) is 0 Å². The lowest BCUT2D eigenvalue weighted by Gasteiger charge is -2.27. The molecule has 0 fully saturated rings. The number of methoxy groups -OCH3 is 1. The maximum Gasteiger partial charge on any atom is 0.346 e. The number of hydrogen-bond acceptors (Lipinski definition) is 7. The summed E-state index contributed by atoms with van der Waals surface area (Å²) in [6, 6.07) is 9.30. The Morgan fingerprint density at radius 3 is 2.51 bits per heavy atom. The number of nitrogens with one attached hydrogen (secondary N) is 1. The lowest BCUT2D eigenvalue weighted by atomic mass is 10.0. The molecule has 0 bridgehead atoms. The van der Waals surface area contributed by atoms with Crippen LogP contribution in [0.3, 0.4) is 0 Å². The normalized spacial score (nSPS) is 12.1. The van der Waals surface area contributed by atoms with Crippen LogP contribution in [0, 0.1) is 5.82 Å². The molecule has 0 aliphatic carbocycles. The van der Waals surface area contributed by atoms with Crippen molar-refractivity contribution in [3.05, 3.63) is 84.9 Å². The molecule has 0 aliphatic rings. The van der Waals surface area contributed by atoms with E-state index in [1.54, 1.807) is 24.3 Å². The van der Waals surface area contributed by atoms with Crippen LogP contribution in [0.2, 0.25) is 0 Å². The average molecular weight is 519 g/mol. The van der Waals surface area contributed by atoms with Crippen molar-refractivity contribution in [1.82, 2.24) is 9.55 Å². The highest BCUT2D eigenvalue weighted by Crippen LogP contribution is 2.40. The zero-order chi connectivity index (χ0) is 25.7. The smallest absolute Gasteiger partial charge is 0.346 e. The molecule has 2 N–H and O–H groups in total. The van der Waals surface area contributed by atoms with Gasteiger partial charge in [0.15, 0.2) is 9.84 Å². The molecule has 0 atom stereocenters. The first-order valence-corrected chi connectivity index (χ1v) is 12.5. The molecule has 0 aliphatic heterocycles. The third-order valence-electron chi connectivity index (χ3n) is 5.74. The van der Waals surface area contributed by atoms with Gasteiger partial charge in [-0.1, -0.05) is 18.2 Å². The second-order valence-corrected chi connectivity index (χ2v) is 11.4. The number of nitrogens with zero attached hydrogens (tertiary/aromatic N) is 1. The predicted octanol–water partition coefficient (Wildman–Crippen LogP) is 3.30. The number of halogens is 1. The number of aromatic amines is 1. The molecular weight excluding hydrogens is 499 g/mol. The van der Waals surface area contributed by atoms with Crippen molar-refractivity contribution in [3.8, 4) is 11.4 Å². The molecular formula is C23H19FN2O7S2. The fraction of sp³-hybridized carbons (Fsp3) is 0.174. The predicted molar refractivity (Wildman–Crippen MR) is 128 cm³/mol. The van der Waals surface area contributed by atoms with Crippen LogP contribution >= 0.6 is 11.3 Å². The second kappa shape index (κ2) is 8.47. The summed E-state index contributed by atoms with van der Waals surface area (Å²) >= 11 is 0.729. The third-order valence-corrected chi connectivity index (χ3v) is 9.15. The number of benzene rings is 2. The van der Waals surface area contributed by atoms with Gasteiger partial charge in [-0.2, -0.15) is 0 Å². The Hall–Kier alpha value is -3.77. The van der Waals surface area contributed by atoms with Crippen LogP contribution in [0.15, 0.2) is 62.3 Å². The van der Waals surface area contributed by atoms with Crippen molar-refractivity contribution in [2.75, 3.05) is 7.11 Å². The summed E-state index contributed by atoms with van der Waals surface area (Å²) < 4.78 is 46.4. The summed E-state index contributed by atoms with van der Waals surface area (Å²) in [5.74, 6) is -2.10. The number of fused-ring (bicyclic) bond motifs is 1. The fourth-order valence-electron chi connectivity index (χ4n) is 3.83. The van der Waals surface area contributed by atoms with E-state index in [0.717, 1.165) is 29.5 Å². The standard InChI is InChI=1S/C23H19FN2O7S2/c1-23(2,13-6-4-5-7-17(13)33-3)35(31,32)12-8-9-14(24)16(10-12)26-20(27)18-15(25-22(26)30)11-34-19(18)21(28)29/h4-11H,1-3H3,(H,25,30)(H,28,29). The van der Waals surface area contributed by atoms with E-state index >= 15 is 0 Å². The molecule has 0 saturated carbocycles. The van der Waals surface area contributed by atoms with Crippen LogP contribution in [0.25, 0.3) is 16.6 Å². The van der Waals surface area contributed by atoms with Crippen molar-refractivity contribution >= 4 is 38.0 Å². The second-order valence-electron chi connectivity index (χ2n) is 8.06. The Morgan fingerprint density at radius 2 is 1.86 bits per heavy atom. The number of rotatable bonds is 6. The number of H-pyrrole nitrogens is 1. The van der Waals surface area contributed by atoms with Crippen LogP contribution in [0.1, 0.15) is 29.1 Å². The number of carboxylic acid groups (broad SMARTS) is 1. The molecule has 4 rings (SSSR count). The van der Waals surface area contributed by atoms with Gasteiger partial charge in [-0.3, -0.25) is 4.79 Å². The highest BCUT2D eigenvalue weighted by molar-refractivity contribution is 7.92. The largest absolute Gasteiger partial charge is 0.496 e. The first kappa shape index (κ1) is 24.4. The number of thiophene rings is 1. The number of carbonyl (C=O) groups is 1. The molecule has 35 heavy (non-hydrogen) atoms. The van der Waals surface area contributed by atoms with Crippen LogP contribution in [0.5, 0.6) is 5.75 Å². The van der Waals surface area contributed by atoms with E-state index in [0.29, 0.717) is 15.9 Å². The van der Waals surface area contributed by atoms with Crippen molar-refractivity contribution in [2.45, 2.75) is 23.5 Å². The minimum atomic E-state index is -4.22. The molecule has 9 nitrogen and oxygen atoms in total. The van der Waals surface area contributed by atoms with Crippen LogP contribution in [-0.4, -0.2) is 36.2 Å². The van der Waals surface area contributed by atoms with E-state index in [-0.39, 0.29) is 20.7 Å². The van der Waals surface area contributed by atoms with Gasteiger partial charge in [0, 0.05) is 10.9 Å². The van der Waals surface area contributed by atoms with Gasteiger partial charge in [0.1, 0.15) is 16.4 Å². The molecule has 0 saturated heterocycles. The lowest BCUT2D eigenvalue weighted by molar-refractivity contribution is 0.0704. The van der Waals surface area contributed by atoms with Gasteiger partial charge in [-0.15, -0.1) is 11.3 Å². The number of carboxylic acids is 1. The number of aromatic carboxylic acids is 1. The molecule has 0 spiro atoms. The molecule has 182 valence electrons. The van der Waals surface area contributed by atoms with Crippen molar-refractivity contribution < 1.29 is 27.4 Å². The maximum atomic E-state index is 14.9. The summed E-state index contributed by atoms with van der Waals surface area (Å²) in [6.45, 7) is 2.91. The van der Waals surface area contributed by atoms with Gasteiger partial charge >= 0.3 is 11.7 Å². The van der Waals surface area contributed by atoms with Gasteiger partial charge in [0.2, 0.25) is 0 Å². The number of aromatic nitrogens is 2. The van der Waals surface area contributed by atoms with Gasteiger partial charge < -0.3 is 14.8 Å². The van der Waals surface area contributed by atoms with E-state index in [2.05, 4.69) is 4.98 Å². The number of para-hydroxylation sites is 1. The molecule has 2 heterocycles. The molecule has 2 aromatic heterocycles. The quantitative estimate of drug-likeness (QED) is 0.374. The number of sulfone groups is 1. The van der Waals surface area contributed by atoms with Crippen molar-refractivity contribution in [2.24, 2.45) is 0 Å². The van der Waals surface area contributed by atoms with Crippen LogP contribution in [-0.2, 0) is 14.6 Å². The Morgan fingerprint density at radius 1 is 1.17 bits per heavy atom. The van der Waals surface area contributed by atoms with Gasteiger partial charge in [-0.25, -0.2) is 27.0 Å². The summed E-state index contributed by atoms with van der Waals surface area (Å²) in [4.78, 5) is 39.0. The molecule has 2 aromatic carbocycles. The monoisotopic (exact) mass is 518 g/mol. The third kappa shape index (κ3) is 3.74. The van der Waals surface area contributed by atoms with Gasteiger partial charge in [0.25, 0.3) is 5.56 Å². The van der Waals surface area contributed by atoms with Gasteiger partial charge in [-0.05, 0) is 38.1 Å². The van der Waals surface area contributed by atoms with E-state index < -0.39 is 43.3 Å². The van der Waals surface area contributed by atoms with Crippen LogP contribution < -0.4 is 16.0 Å². The topological polar surface area (TPSA) is 136 Å². The van der Waals surface area contributed by atoms with E-state index in [1.807, 2.05) is 0 Å². The lowest BCUT2D eigenvalue weighted by Crippen LogP contribution is -2.35. The van der Waals surface area contributed by atoms with E-state index in [9.17, 15) is 32.3 Å². The molecule has 4 aromatic rings. The first-order valence-electron chi connectivity index (χ1n) is 10.1. The van der Waals surface area contributed by atoms with E-state index in [1.165, 1.54) is 26.3 Å². The minimum Gasteiger partial charge on any atom is -0.496 e. The number of hydrogen-bond donors (Lipinski definition) is 2. The number of ether oxygens (including phenoxy) is 1. The Balaban J connectivity index is 1.96. The summed E-state index contributed by atoms with van der Waals surface area (Å²) in [7, 11) is -2.81. The first-order chi connectivity index (χ1) is 16.4.